The van der Waals surface area contributed by atoms with Gasteiger partial charge in [-0.25, -0.2) is 13.4 Å². The molecule has 0 bridgehead atoms. The van der Waals surface area contributed by atoms with Gasteiger partial charge in [-0.1, -0.05) is 31.5 Å². The van der Waals surface area contributed by atoms with Gasteiger partial charge in [-0.2, -0.15) is 17.9 Å². The molecule has 0 aliphatic carbocycles. The average Bonchev–Trinajstić information content (AvgIpc) is 3.30. The van der Waals surface area contributed by atoms with E-state index in [-0.39, 0.29) is 9.90 Å². The van der Waals surface area contributed by atoms with E-state index < -0.39 is 44.2 Å². The lowest BCUT2D eigenvalue weighted by Crippen LogP contribution is -2.44. The van der Waals surface area contributed by atoms with E-state index in [0.29, 0.717) is 38.8 Å². The maximum Gasteiger partial charge on any atom is 0.435 e. The molecular weight excluding hydrogens is 517 g/mol. The van der Waals surface area contributed by atoms with Crippen LogP contribution in [0.2, 0.25) is 4.34 Å². The minimum absolute atomic E-state index is 0.0561. The second kappa shape index (κ2) is 8.52. The van der Waals surface area contributed by atoms with Gasteiger partial charge < -0.3 is 9.52 Å². The number of carboxylic acid groups (broad SMARTS) is 1. The summed E-state index contributed by atoms with van der Waals surface area (Å²) in [6, 6.07) is 7.36. The molecule has 0 unspecified atom stereocenters. The van der Waals surface area contributed by atoms with E-state index in [2.05, 4.69) is 9.71 Å². The highest BCUT2D eigenvalue weighted by Gasteiger charge is 2.37. The molecule has 0 radical (unpaired) electrons. The van der Waals surface area contributed by atoms with Gasteiger partial charge in [0.15, 0.2) is 5.69 Å². The number of alkyl halides is 3. The molecule has 2 aromatic heterocycles. The van der Waals surface area contributed by atoms with Crippen molar-refractivity contribution in [2.45, 2.75) is 31.0 Å². The van der Waals surface area contributed by atoms with Gasteiger partial charge in [0.2, 0.25) is 10.0 Å². The number of halogens is 4. The lowest BCUT2D eigenvalue weighted by atomic mass is 10.1. The lowest BCUT2D eigenvalue weighted by Gasteiger charge is -2.17. The number of carboxylic acids is 1. The normalized spacial score (nSPS) is 13.7. The van der Waals surface area contributed by atoms with Gasteiger partial charge in [0, 0.05) is 16.3 Å². The van der Waals surface area contributed by atoms with E-state index in [0.717, 1.165) is 0 Å². The average molecular weight is 533 g/mol. The number of carbonyl (C=O) groups is 1. The zero-order valence-electron chi connectivity index (χ0n) is 17.5. The molecule has 0 saturated heterocycles. The highest BCUT2D eigenvalue weighted by Crippen LogP contribution is 2.41. The molecule has 13 heteroatoms. The number of nitrogens with zero attached hydrogens (tertiary/aromatic N) is 1. The number of fused-ring (bicyclic) bond motifs is 3. The standard InChI is InChI=1S/C21H16ClF3N2O5S2/c1-9(2)16(20(28)29)27-34(30,31)11-4-6-14-13(8-11)12-5-3-10(7-15(12)32-14)19-26-17(18(22)33-19)21(23,24)25/h3-9,16,27H,1-2H3,(H,28,29)/t16-/m1/s1. The topological polar surface area (TPSA) is 110 Å². The van der Waals surface area contributed by atoms with Crippen LogP contribution in [-0.2, 0) is 21.0 Å². The molecule has 2 aromatic carbocycles. The van der Waals surface area contributed by atoms with Crippen LogP contribution in [0, 0.1) is 5.92 Å². The molecule has 2 heterocycles. The number of benzene rings is 2. The van der Waals surface area contributed by atoms with Crippen LogP contribution in [0.25, 0.3) is 32.5 Å². The van der Waals surface area contributed by atoms with Crippen molar-refractivity contribution in [3.05, 3.63) is 46.4 Å². The summed E-state index contributed by atoms with van der Waals surface area (Å²) in [4.78, 5) is 14.9. The van der Waals surface area contributed by atoms with Crippen molar-refractivity contribution in [2.24, 2.45) is 5.92 Å². The fraction of sp³-hybridized carbons (Fsp3) is 0.238. The summed E-state index contributed by atoms with van der Waals surface area (Å²) in [5.74, 6) is -1.78. The molecule has 1 atom stereocenters. The van der Waals surface area contributed by atoms with Gasteiger partial charge >= 0.3 is 12.1 Å². The summed E-state index contributed by atoms with van der Waals surface area (Å²) >= 11 is 6.39. The van der Waals surface area contributed by atoms with Crippen molar-refractivity contribution < 1.29 is 35.9 Å². The fourth-order valence-electron chi connectivity index (χ4n) is 3.36. The lowest BCUT2D eigenvalue weighted by molar-refractivity contribution is -0.141. The SMILES string of the molecule is CC(C)[C@@H](NS(=O)(=O)c1ccc2oc3cc(-c4nc(C(F)(F)F)c(Cl)s4)ccc3c2c1)C(=O)O. The number of nitrogens with one attached hydrogen (secondary N) is 1. The summed E-state index contributed by atoms with van der Waals surface area (Å²) in [5, 5.41) is 10.3. The zero-order chi connectivity index (χ0) is 25.0. The van der Waals surface area contributed by atoms with E-state index in [9.17, 15) is 31.5 Å². The van der Waals surface area contributed by atoms with Crippen LogP contribution in [0.4, 0.5) is 13.2 Å². The molecule has 0 spiro atoms. The third kappa shape index (κ3) is 4.50. The quantitative estimate of drug-likeness (QED) is 0.326. The molecule has 4 rings (SSSR count). The van der Waals surface area contributed by atoms with Gasteiger partial charge in [0.1, 0.15) is 26.6 Å². The second-order valence-corrected chi connectivity index (χ2v) is 11.1. The number of thiazole rings is 1. The van der Waals surface area contributed by atoms with Crippen LogP contribution in [0.5, 0.6) is 0 Å². The van der Waals surface area contributed by atoms with E-state index in [4.69, 9.17) is 16.0 Å². The van der Waals surface area contributed by atoms with Crippen molar-refractivity contribution in [3.63, 3.8) is 0 Å². The Hall–Kier alpha value is -2.67. The molecule has 180 valence electrons. The Morgan fingerprint density at radius 3 is 2.44 bits per heavy atom. The highest BCUT2D eigenvalue weighted by atomic mass is 35.5. The number of aliphatic carboxylic acids is 1. The van der Waals surface area contributed by atoms with Crippen LogP contribution in [-0.4, -0.2) is 30.5 Å². The molecule has 0 aliphatic heterocycles. The van der Waals surface area contributed by atoms with Crippen LogP contribution in [0.1, 0.15) is 19.5 Å². The summed E-state index contributed by atoms with van der Waals surface area (Å²) in [7, 11) is -4.16. The first-order chi connectivity index (χ1) is 15.8. The van der Waals surface area contributed by atoms with E-state index in [1.165, 1.54) is 30.3 Å². The Morgan fingerprint density at radius 1 is 1.15 bits per heavy atom. The molecule has 7 nitrogen and oxygen atoms in total. The second-order valence-electron chi connectivity index (χ2n) is 7.79. The monoisotopic (exact) mass is 532 g/mol. The van der Waals surface area contributed by atoms with Crippen LogP contribution >= 0.6 is 22.9 Å². The Kier molecular flexibility index (Phi) is 6.13. The molecule has 0 saturated carbocycles. The maximum absolute atomic E-state index is 13.0. The largest absolute Gasteiger partial charge is 0.480 e. The summed E-state index contributed by atoms with van der Waals surface area (Å²) in [6.07, 6.45) is -4.68. The summed E-state index contributed by atoms with van der Waals surface area (Å²) < 4.78 is 72.1. The van der Waals surface area contributed by atoms with Gasteiger partial charge in [-0.15, -0.1) is 11.3 Å². The highest BCUT2D eigenvalue weighted by molar-refractivity contribution is 7.89. The Labute approximate surface area is 200 Å². The predicted octanol–water partition coefficient (Wildman–Crippen LogP) is 5.77. The van der Waals surface area contributed by atoms with Gasteiger partial charge in [-0.3, -0.25) is 4.79 Å². The Balaban J connectivity index is 1.75. The van der Waals surface area contributed by atoms with Crippen molar-refractivity contribution in [1.82, 2.24) is 9.71 Å². The van der Waals surface area contributed by atoms with Crippen molar-refractivity contribution in [3.8, 4) is 10.6 Å². The fourth-order valence-corrected chi connectivity index (χ4v) is 5.90. The van der Waals surface area contributed by atoms with Gasteiger partial charge in [-0.05, 0) is 36.2 Å². The summed E-state index contributed by atoms with van der Waals surface area (Å²) in [5.41, 5.74) is -0.162. The summed E-state index contributed by atoms with van der Waals surface area (Å²) in [6.45, 7) is 3.16. The number of aromatic nitrogens is 1. The van der Waals surface area contributed by atoms with Crippen LogP contribution < -0.4 is 4.72 Å². The maximum atomic E-state index is 13.0. The smallest absolute Gasteiger partial charge is 0.435 e. The van der Waals surface area contributed by atoms with E-state index >= 15 is 0 Å². The molecule has 0 fully saturated rings. The van der Waals surface area contributed by atoms with E-state index in [1.54, 1.807) is 19.9 Å². The first-order valence-electron chi connectivity index (χ1n) is 9.73. The van der Waals surface area contributed by atoms with Gasteiger partial charge in [0.05, 0.1) is 4.90 Å². The first-order valence-corrected chi connectivity index (χ1v) is 12.4. The van der Waals surface area contributed by atoms with Crippen LogP contribution in [0.15, 0.2) is 45.7 Å². The minimum Gasteiger partial charge on any atom is -0.480 e. The first kappa shape index (κ1) is 24.5. The molecule has 34 heavy (non-hydrogen) atoms. The number of hydrogen-bond acceptors (Lipinski definition) is 6. The van der Waals surface area contributed by atoms with E-state index in [1.807, 2.05) is 0 Å². The molecule has 4 aromatic rings. The molecule has 0 aliphatic rings. The molecule has 0 amide bonds. The predicted molar refractivity (Wildman–Crippen MR) is 121 cm³/mol. The third-order valence-corrected chi connectivity index (χ3v) is 7.81. The Morgan fingerprint density at radius 2 is 1.85 bits per heavy atom. The van der Waals surface area contributed by atoms with Gasteiger partial charge in [0.25, 0.3) is 0 Å². The van der Waals surface area contributed by atoms with Crippen molar-refractivity contribution >= 4 is 60.9 Å². The molecular formula is C21H16ClF3N2O5S2. The number of rotatable bonds is 6. The Bertz CT molecular complexity index is 1530. The van der Waals surface area contributed by atoms with Crippen molar-refractivity contribution in [1.29, 1.82) is 0 Å². The number of hydrogen-bond donors (Lipinski definition) is 2. The zero-order valence-corrected chi connectivity index (χ0v) is 19.9. The van der Waals surface area contributed by atoms with Crippen LogP contribution in [0.3, 0.4) is 0 Å². The molecule has 2 N–H and O–H groups in total. The third-order valence-electron chi connectivity index (χ3n) is 5.07. The minimum atomic E-state index is -4.68. The number of sulfonamides is 1. The number of furan rings is 1. The van der Waals surface area contributed by atoms with Crippen molar-refractivity contribution in [2.75, 3.05) is 0 Å².